The zero-order valence-electron chi connectivity index (χ0n) is 15.0. The Labute approximate surface area is 147 Å². The number of benzene rings is 1. The van der Waals surface area contributed by atoms with Crippen LogP contribution in [0.1, 0.15) is 36.2 Å². The first-order valence-electron chi connectivity index (χ1n) is 9.00. The summed E-state index contributed by atoms with van der Waals surface area (Å²) in [6, 6.07) is 3.57. The van der Waals surface area contributed by atoms with Gasteiger partial charge >= 0.3 is 0 Å². The van der Waals surface area contributed by atoms with Crippen molar-refractivity contribution in [2.75, 3.05) is 26.2 Å². The number of hydrogen-bond donors (Lipinski definition) is 1. The summed E-state index contributed by atoms with van der Waals surface area (Å²) in [6.07, 6.45) is 3.95. The molecule has 6 heteroatoms. The summed E-state index contributed by atoms with van der Waals surface area (Å²) in [6.45, 7) is 8.92. The average molecular weight is 348 g/mol. The molecule has 1 aliphatic rings. The molecular weight excluding hydrogens is 322 g/mol. The number of aryl methyl sites for hydroxylation is 1. The van der Waals surface area contributed by atoms with Gasteiger partial charge in [0.15, 0.2) is 5.82 Å². The lowest BCUT2D eigenvalue weighted by Crippen LogP contribution is -2.35. The highest BCUT2D eigenvalue weighted by atomic mass is 19.1. The number of nitrogens with zero attached hydrogens (tertiary/aromatic N) is 3. The van der Waals surface area contributed by atoms with Gasteiger partial charge in [0.25, 0.3) is 0 Å². The average Bonchev–Trinajstić information content (AvgIpc) is 2.87. The smallest absolute Gasteiger partial charge is 0.151 e. The second-order valence-corrected chi connectivity index (χ2v) is 6.74. The third-order valence-corrected chi connectivity index (χ3v) is 4.93. The fraction of sp³-hybridized carbons (Fsp3) is 0.526. The van der Waals surface area contributed by atoms with Crippen LogP contribution in [0.4, 0.5) is 8.78 Å². The first-order chi connectivity index (χ1) is 12.1. The molecule has 1 aromatic carbocycles. The Kier molecular flexibility index (Phi) is 5.81. The zero-order valence-corrected chi connectivity index (χ0v) is 15.0. The van der Waals surface area contributed by atoms with Gasteiger partial charge in [0, 0.05) is 37.0 Å². The van der Waals surface area contributed by atoms with Gasteiger partial charge in [-0.05, 0) is 51.9 Å². The Morgan fingerprint density at radius 2 is 1.88 bits per heavy atom. The molecule has 0 aliphatic carbocycles. The molecule has 1 fully saturated rings. The number of piperidine rings is 1. The van der Waals surface area contributed by atoms with Crippen LogP contribution in [-0.2, 0) is 6.54 Å². The van der Waals surface area contributed by atoms with Crippen molar-refractivity contribution in [3.05, 3.63) is 46.8 Å². The van der Waals surface area contributed by atoms with Gasteiger partial charge in [0.05, 0.1) is 5.69 Å². The molecule has 4 nitrogen and oxygen atoms in total. The first kappa shape index (κ1) is 18.0. The molecule has 3 rings (SSSR count). The van der Waals surface area contributed by atoms with E-state index in [1.165, 1.54) is 44.5 Å². The summed E-state index contributed by atoms with van der Waals surface area (Å²) in [4.78, 5) is 2.49. The number of aromatic nitrogens is 2. The minimum atomic E-state index is -0.602. The SMILES string of the molecule is Cc1nn(-c2ccc(F)cc2F)c(C)c1CNCCN1CCCCC1. The Hall–Kier alpha value is -1.79. The van der Waals surface area contributed by atoms with Crippen LogP contribution in [0, 0.1) is 25.5 Å². The maximum atomic E-state index is 14.0. The summed E-state index contributed by atoms with van der Waals surface area (Å²) < 4.78 is 28.7. The standard InChI is InChI=1S/C19H26F2N4/c1-14-17(13-22-8-11-24-9-4-3-5-10-24)15(2)25(23-14)19-7-6-16(20)12-18(19)21/h6-7,12,22H,3-5,8-11,13H2,1-2H3. The predicted octanol–water partition coefficient (Wildman–Crippen LogP) is 3.34. The van der Waals surface area contributed by atoms with Crippen molar-refractivity contribution in [3.8, 4) is 5.69 Å². The second kappa shape index (κ2) is 8.06. The van der Waals surface area contributed by atoms with Crippen molar-refractivity contribution in [3.63, 3.8) is 0 Å². The van der Waals surface area contributed by atoms with E-state index in [1.807, 2.05) is 13.8 Å². The van der Waals surface area contributed by atoms with E-state index in [-0.39, 0.29) is 5.69 Å². The highest BCUT2D eigenvalue weighted by molar-refractivity contribution is 5.38. The Morgan fingerprint density at radius 3 is 2.60 bits per heavy atom. The van der Waals surface area contributed by atoms with Gasteiger partial charge in [-0.25, -0.2) is 13.5 Å². The lowest BCUT2D eigenvalue weighted by Gasteiger charge is -2.26. The third kappa shape index (κ3) is 4.25. The van der Waals surface area contributed by atoms with E-state index in [4.69, 9.17) is 0 Å². The number of halogens is 2. The molecule has 25 heavy (non-hydrogen) atoms. The molecule has 0 unspecified atom stereocenters. The van der Waals surface area contributed by atoms with Crippen LogP contribution in [-0.4, -0.2) is 40.9 Å². The Bertz CT molecular complexity index is 720. The molecule has 1 aliphatic heterocycles. The lowest BCUT2D eigenvalue weighted by molar-refractivity contribution is 0.229. The van der Waals surface area contributed by atoms with Crippen molar-refractivity contribution < 1.29 is 8.78 Å². The molecule has 2 heterocycles. The van der Waals surface area contributed by atoms with Crippen molar-refractivity contribution in [1.82, 2.24) is 20.0 Å². The van der Waals surface area contributed by atoms with Gasteiger partial charge in [0.2, 0.25) is 0 Å². The maximum absolute atomic E-state index is 14.0. The van der Waals surface area contributed by atoms with Crippen molar-refractivity contribution in [2.24, 2.45) is 0 Å². The van der Waals surface area contributed by atoms with Gasteiger partial charge in [-0.1, -0.05) is 6.42 Å². The molecule has 0 amide bonds. The number of likely N-dealkylation sites (tertiary alicyclic amines) is 1. The fourth-order valence-electron chi connectivity index (χ4n) is 3.45. The van der Waals surface area contributed by atoms with Crippen LogP contribution >= 0.6 is 0 Å². The van der Waals surface area contributed by atoms with Crippen LogP contribution in [0.3, 0.4) is 0 Å². The first-order valence-corrected chi connectivity index (χ1v) is 9.00. The van der Waals surface area contributed by atoms with E-state index >= 15 is 0 Å². The Balaban J connectivity index is 1.63. The quantitative estimate of drug-likeness (QED) is 0.813. The fourth-order valence-corrected chi connectivity index (χ4v) is 3.45. The minimum absolute atomic E-state index is 0.279. The summed E-state index contributed by atoms with van der Waals surface area (Å²) in [5, 5.41) is 7.91. The normalized spacial score (nSPS) is 15.7. The molecule has 1 aromatic heterocycles. The van der Waals surface area contributed by atoms with E-state index < -0.39 is 11.6 Å². The maximum Gasteiger partial charge on any atom is 0.151 e. The molecule has 136 valence electrons. The van der Waals surface area contributed by atoms with E-state index in [0.29, 0.717) is 6.54 Å². The number of rotatable bonds is 6. The van der Waals surface area contributed by atoms with Gasteiger partial charge in [-0.3, -0.25) is 0 Å². The van der Waals surface area contributed by atoms with Crippen molar-refractivity contribution >= 4 is 0 Å². The van der Waals surface area contributed by atoms with Crippen LogP contribution in [0.5, 0.6) is 0 Å². The van der Waals surface area contributed by atoms with Crippen LogP contribution < -0.4 is 5.32 Å². The van der Waals surface area contributed by atoms with E-state index in [1.54, 1.807) is 4.68 Å². The molecule has 2 aromatic rings. The van der Waals surface area contributed by atoms with Crippen molar-refractivity contribution in [2.45, 2.75) is 39.7 Å². The van der Waals surface area contributed by atoms with Gasteiger partial charge in [-0.15, -0.1) is 0 Å². The largest absolute Gasteiger partial charge is 0.311 e. The van der Waals surface area contributed by atoms with Gasteiger partial charge < -0.3 is 10.2 Å². The van der Waals surface area contributed by atoms with Gasteiger partial charge in [0.1, 0.15) is 11.5 Å². The van der Waals surface area contributed by atoms with E-state index in [2.05, 4.69) is 15.3 Å². The topological polar surface area (TPSA) is 33.1 Å². The molecule has 0 bridgehead atoms. The highest BCUT2D eigenvalue weighted by Crippen LogP contribution is 2.20. The van der Waals surface area contributed by atoms with E-state index in [0.717, 1.165) is 36.1 Å². The van der Waals surface area contributed by atoms with Crippen LogP contribution in [0.2, 0.25) is 0 Å². The molecule has 1 N–H and O–H groups in total. The van der Waals surface area contributed by atoms with Crippen LogP contribution in [0.25, 0.3) is 5.69 Å². The molecule has 0 radical (unpaired) electrons. The summed E-state index contributed by atoms with van der Waals surface area (Å²) >= 11 is 0. The Morgan fingerprint density at radius 1 is 1.12 bits per heavy atom. The highest BCUT2D eigenvalue weighted by Gasteiger charge is 2.16. The second-order valence-electron chi connectivity index (χ2n) is 6.74. The summed E-state index contributed by atoms with van der Waals surface area (Å²) in [5.41, 5.74) is 3.10. The molecule has 0 spiro atoms. The summed E-state index contributed by atoms with van der Waals surface area (Å²) in [7, 11) is 0. The zero-order chi connectivity index (χ0) is 17.8. The lowest BCUT2D eigenvalue weighted by atomic mass is 10.1. The summed E-state index contributed by atoms with van der Waals surface area (Å²) in [5.74, 6) is -1.18. The van der Waals surface area contributed by atoms with E-state index in [9.17, 15) is 8.78 Å². The molecule has 0 saturated carbocycles. The monoisotopic (exact) mass is 348 g/mol. The minimum Gasteiger partial charge on any atom is -0.311 e. The predicted molar refractivity (Wildman–Crippen MR) is 95.0 cm³/mol. The van der Waals surface area contributed by atoms with Crippen LogP contribution in [0.15, 0.2) is 18.2 Å². The number of hydrogen-bond acceptors (Lipinski definition) is 3. The molecule has 0 atom stereocenters. The third-order valence-electron chi connectivity index (χ3n) is 4.93. The molecule has 1 saturated heterocycles. The number of nitrogens with one attached hydrogen (secondary N) is 1. The molecular formula is C19H26F2N4. The van der Waals surface area contributed by atoms with Gasteiger partial charge in [-0.2, -0.15) is 5.10 Å². The van der Waals surface area contributed by atoms with Crippen molar-refractivity contribution in [1.29, 1.82) is 0 Å².